The summed E-state index contributed by atoms with van der Waals surface area (Å²) in [5.74, 6) is -1.60. The summed E-state index contributed by atoms with van der Waals surface area (Å²) in [5.41, 5.74) is -0.604. The molecule has 9 heteroatoms. The number of benzene rings is 2. The first-order valence-corrected chi connectivity index (χ1v) is 13.2. The van der Waals surface area contributed by atoms with Crippen LogP contribution in [0.1, 0.15) is 43.7 Å². The maximum absolute atomic E-state index is 14.5. The van der Waals surface area contributed by atoms with Gasteiger partial charge in [-0.3, -0.25) is 14.4 Å². The van der Waals surface area contributed by atoms with E-state index in [4.69, 9.17) is 14.2 Å². The molecule has 0 bridgehead atoms. The number of anilines is 1. The van der Waals surface area contributed by atoms with Crippen LogP contribution in [0.2, 0.25) is 0 Å². The number of likely N-dealkylation sites (tertiary alicyclic amines) is 1. The summed E-state index contributed by atoms with van der Waals surface area (Å²) < 4.78 is 17.1. The van der Waals surface area contributed by atoms with Gasteiger partial charge in [0.25, 0.3) is 17.6 Å². The van der Waals surface area contributed by atoms with Crippen LogP contribution in [0.15, 0.2) is 48.0 Å². The SMILES string of the molecule is CCCCN1C(=O)C2(/C(=C(/O)c3ccc4c(c3)OCCO4)C(=O)C(=O)N2CC2CCCO2)c2ccccc21. The molecular formula is C29H30N2O7. The van der Waals surface area contributed by atoms with Crippen LogP contribution in [0.4, 0.5) is 5.69 Å². The van der Waals surface area contributed by atoms with Crippen LogP contribution in [0, 0.1) is 0 Å². The molecular weight excluding hydrogens is 488 g/mol. The van der Waals surface area contributed by atoms with E-state index in [2.05, 4.69) is 0 Å². The molecule has 2 atom stereocenters. The predicted octanol–water partition coefficient (Wildman–Crippen LogP) is 3.36. The zero-order chi connectivity index (χ0) is 26.4. The minimum atomic E-state index is -1.79. The molecule has 4 aliphatic rings. The van der Waals surface area contributed by atoms with Gasteiger partial charge in [-0.05, 0) is 43.5 Å². The van der Waals surface area contributed by atoms with Gasteiger partial charge in [0.05, 0.1) is 17.4 Å². The van der Waals surface area contributed by atoms with Gasteiger partial charge in [0.2, 0.25) is 0 Å². The van der Waals surface area contributed by atoms with Gasteiger partial charge in [-0.1, -0.05) is 31.5 Å². The molecule has 4 aliphatic heterocycles. The Morgan fingerprint density at radius 2 is 1.84 bits per heavy atom. The Labute approximate surface area is 220 Å². The van der Waals surface area contributed by atoms with Crippen molar-refractivity contribution in [2.24, 2.45) is 0 Å². The Morgan fingerprint density at radius 1 is 1.05 bits per heavy atom. The zero-order valence-corrected chi connectivity index (χ0v) is 21.3. The Morgan fingerprint density at radius 3 is 2.61 bits per heavy atom. The van der Waals surface area contributed by atoms with Crippen molar-refractivity contribution in [3.63, 3.8) is 0 Å². The van der Waals surface area contributed by atoms with Gasteiger partial charge in [0.1, 0.15) is 19.0 Å². The number of Topliss-reactive ketones (excluding diaryl/α,β-unsaturated/α-hetero) is 1. The molecule has 2 amide bonds. The Balaban J connectivity index is 1.58. The first kappa shape index (κ1) is 24.5. The summed E-state index contributed by atoms with van der Waals surface area (Å²) in [6.45, 7) is 3.86. The van der Waals surface area contributed by atoms with Gasteiger partial charge in [0, 0.05) is 30.8 Å². The number of aliphatic hydroxyl groups excluding tert-OH is 1. The third-order valence-electron chi connectivity index (χ3n) is 7.77. The highest BCUT2D eigenvalue weighted by Gasteiger charge is 2.67. The smallest absolute Gasteiger partial charge is 0.296 e. The number of para-hydroxylation sites is 1. The number of fused-ring (bicyclic) bond motifs is 3. The van der Waals surface area contributed by atoms with Gasteiger partial charge < -0.3 is 29.1 Å². The van der Waals surface area contributed by atoms with Crippen LogP contribution in [-0.2, 0) is 24.7 Å². The number of aliphatic hydroxyl groups is 1. The lowest BCUT2D eigenvalue weighted by molar-refractivity contribution is -0.145. The van der Waals surface area contributed by atoms with Gasteiger partial charge in [0.15, 0.2) is 17.0 Å². The monoisotopic (exact) mass is 518 g/mol. The highest BCUT2D eigenvalue weighted by atomic mass is 16.6. The van der Waals surface area contributed by atoms with Crippen molar-refractivity contribution in [3.8, 4) is 11.5 Å². The lowest BCUT2D eigenvalue weighted by Gasteiger charge is -2.35. The predicted molar refractivity (Wildman–Crippen MR) is 138 cm³/mol. The number of amides is 2. The molecule has 1 N–H and O–H groups in total. The minimum absolute atomic E-state index is 0.0736. The van der Waals surface area contributed by atoms with E-state index in [0.717, 1.165) is 25.7 Å². The number of rotatable bonds is 6. The third-order valence-corrected chi connectivity index (χ3v) is 7.77. The van der Waals surface area contributed by atoms with Crippen molar-refractivity contribution in [3.05, 3.63) is 59.2 Å². The van der Waals surface area contributed by atoms with Crippen LogP contribution in [0.3, 0.4) is 0 Å². The topological polar surface area (TPSA) is 106 Å². The maximum Gasteiger partial charge on any atom is 0.296 e. The van der Waals surface area contributed by atoms with Gasteiger partial charge in [-0.2, -0.15) is 0 Å². The molecule has 0 saturated carbocycles. The second-order valence-corrected chi connectivity index (χ2v) is 10.00. The second-order valence-electron chi connectivity index (χ2n) is 10.00. The normalized spacial score (nSPS) is 25.5. The molecule has 2 unspecified atom stereocenters. The summed E-state index contributed by atoms with van der Waals surface area (Å²) in [6, 6.07) is 12.0. The number of carbonyl (C=O) groups is 3. The van der Waals surface area contributed by atoms with Crippen molar-refractivity contribution in [2.45, 2.75) is 44.2 Å². The maximum atomic E-state index is 14.5. The van der Waals surface area contributed by atoms with Crippen LogP contribution in [0.5, 0.6) is 11.5 Å². The zero-order valence-electron chi connectivity index (χ0n) is 21.3. The molecule has 2 saturated heterocycles. The molecule has 198 valence electrons. The number of ether oxygens (including phenoxy) is 3. The largest absolute Gasteiger partial charge is 0.507 e. The number of unbranched alkanes of at least 4 members (excludes halogenated alkanes) is 1. The number of carbonyl (C=O) groups excluding carboxylic acids is 3. The fraction of sp³-hybridized carbons (Fsp3) is 0.414. The molecule has 2 aromatic rings. The molecule has 9 nitrogen and oxygen atoms in total. The van der Waals surface area contributed by atoms with Crippen LogP contribution in [0.25, 0.3) is 5.76 Å². The van der Waals surface area contributed by atoms with E-state index in [1.807, 2.05) is 19.1 Å². The summed E-state index contributed by atoms with van der Waals surface area (Å²) in [4.78, 5) is 44.9. The van der Waals surface area contributed by atoms with E-state index in [0.29, 0.717) is 49.1 Å². The summed E-state index contributed by atoms with van der Waals surface area (Å²) >= 11 is 0. The first-order valence-electron chi connectivity index (χ1n) is 13.2. The van der Waals surface area contributed by atoms with Gasteiger partial charge >= 0.3 is 0 Å². The Hall–Kier alpha value is -3.85. The molecule has 1 spiro atoms. The highest BCUT2D eigenvalue weighted by molar-refractivity contribution is 6.50. The number of hydrogen-bond acceptors (Lipinski definition) is 7. The fourth-order valence-electron chi connectivity index (χ4n) is 5.98. The van der Waals surface area contributed by atoms with E-state index in [1.54, 1.807) is 35.2 Å². The molecule has 2 aromatic carbocycles. The Kier molecular flexibility index (Phi) is 6.10. The molecule has 2 fully saturated rings. The molecule has 4 heterocycles. The standard InChI is InChI=1S/C29H30N2O7/c1-2-3-12-30-21-9-5-4-8-20(21)29(28(30)35)24(26(33)27(34)31(29)17-19-7-6-13-36-19)25(32)18-10-11-22-23(16-18)38-15-14-37-22/h4-5,8-11,16,19,32H,2-3,6-7,12-15,17H2,1H3/b25-24+. The van der Waals surface area contributed by atoms with E-state index < -0.39 is 28.9 Å². The lowest BCUT2D eigenvalue weighted by Crippen LogP contribution is -2.54. The second kappa shape index (κ2) is 9.47. The number of nitrogens with zero attached hydrogens (tertiary/aromatic N) is 2. The molecule has 0 radical (unpaired) electrons. The van der Waals surface area contributed by atoms with Crippen molar-refractivity contribution in [1.29, 1.82) is 0 Å². The highest BCUT2D eigenvalue weighted by Crippen LogP contribution is 2.54. The Bertz CT molecular complexity index is 1350. The summed E-state index contributed by atoms with van der Waals surface area (Å²) in [5, 5.41) is 11.7. The van der Waals surface area contributed by atoms with E-state index >= 15 is 0 Å². The molecule has 0 aromatic heterocycles. The number of ketones is 1. The minimum Gasteiger partial charge on any atom is -0.507 e. The van der Waals surface area contributed by atoms with Crippen molar-refractivity contribution in [2.75, 3.05) is 37.8 Å². The van der Waals surface area contributed by atoms with Crippen molar-refractivity contribution < 1.29 is 33.7 Å². The third kappa shape index (κ3) is 3.52. The quantitative estimate of drug-likeness (QED) is 0.355. The summed E-state index contributed by atoms with van der Waals surface area (Å²) in [6.07, 6.45) is 2.87. The average molecular weight is 519 g/mol. The van der Waals surface area contributed by atoms with Gasteiger partial charge in [-0.25, -0.2) is 0 Å². The average Bonchev–Trinajstić information content (AvgIpc) is 3.60. The molecule has 0 aliphatic carbocycles. The van der Waals surface area contributed by atoms with Crippen LogP contribution in [-0.4, -0.2) is 66.6 Å². The van der Waals surface area contributed by atoms with E-state index in [-0.39, 0.29) is 23.8 Å². The summed E-state index contributed by atoms with van der Waals surface area (Å²) in [7, 11) is 0. The van der Waals surface area contributed by atoms with Crippen molar-refractivity contribution >= 4 is 29.0 Å². The molecule has 6 rings (SSSR count). The fourth-order valence-corrected chi connectivity index (χ4v) is 5.98. The van der Waals surface area contributed by atoms with Gasteiger partial charge in [-0.15, -0.1) is 0 Å². The lowest BCUT2D eigenvalue weighted by atomic mass is 9.81. The van der Waals surface area contributed by atoms with Crippen LogP contribution >= 0.6 is 0 Å². The van der Waals surface area contributed by atoms with Crippen molar-refractivity contribution in [1.82, 2.24) is 4.90 Å². The first-order chi connectivity index (χ1) is 18.5. The molecule has 38 heavy (non-hydrogen) atoms. The van der Waals surface area contributed by atoms with E-state index in [9.17, 15) is 19.5 Å². The van der Waals surface area contributed by atoms with Crippen LogP contribution < -0.4 is 14.4 Å². The number of hydrogen-bond donors (Lipinski definition) is 1. The van der Waals surface area contributed by atoms with E-state index in [1.165, 1.54) is 4.90 Å².